The number of dihydropyridines is 1. The highest BCUT2D eigenvalue weighted by molar-refractivity contribution is 6.25. The van der Waals surface area contributed by atoms with Crippen LogP contribution in [-0.2, 0) is 16.1 Å². The first-order chi connectivity index (χ1) is 17.5. The zero-order chi connectivity index (χ0) is 25.2. The molecule has 0 radical (unpaired) electrons. The molecule has 1 N–H and O–H groups in total. The van der Waals surface area contributed by atoms with Gasteiger partial charge in [-0.25, -0.2) is 0 Å². The van der Waals surface area contributed by atoms with Gasteiger partial charge in [0.1, 0.15) is 12.2 Å². The summed E-state index contributed by atoms with van der Waals surface area (Å²) in [4.78, 5) is 22.6. The van der Waals surface area contributed by atoms with E-state index in [9.17, 15) is 9.90 Å². The van der Waals surface area contributed by atoms with Crippen molar-refractivity contribution in [1.82, 2.24) is 15.0 Å². The Balaban J connectivity index is 1.39. The smallest absolute Gasteiger partial charge is 0.320 e. The van der Waals surface area contributed by atoms with E-state index in [1.807, 2.05) is 41.3 Å². The minimum Gasteiger partial charge on any atom is -0.480 e. The number of nitrogens with zero attached hydrogens (tertiary/aromatic N) is 4. The van der Waals surface area contributed by atoms with Gasteiger partial charge >= 0.3 is 5.97 Å². The highest BCUT2D eigenvalue weighted by Crippen LogP contribution is 2.32. The van der Waals surface area contributed by atoms with E-state index < -0.39 is 23.6 Å². The molecule has 36 heavy (non-hydrogen) atoms. The lowest BCUT2D eigenvalue weighted by Gasteiger charge is -2.31. The van der Waals surface area contributed by atoms with Crippen LogP contribution >= 0.6 is 11.6 Å². The Labute approximate surface area is 214 Å². The summed E-state index contributed by atoms with van der Waals surface area (Å²) in [6.45, 7) is 3.18. The molecule has 2 aliphatic rings. The molecule has 3 atom stereocenters. The average molecular weight is 507 g/mol. The average Bonchev–Trinajstić information content (AvgIpc) is 3.55. The summed E-state index contributed by atoms with van der Waals surface area (Å²) in [5.74, 6) is -0.0810. The van der Waals surface area contributed by atoms with E-state index >= 15 is 0 Å². The lowest BCUT2D eigenvalue weighted by atomic mass is 9.94. The molecule has 0 aliphatic carbocycles. The minimum atomic E-state index is -0.842. The van der Waals surface area contributed by atoms with Crippen molar-refractivity contribution >= 4 is 29.4 Å². The molecule has 3 aromatic rings. The molecule has 0 saturated carbocycles. The number of aliphatic carboxylic acids is 1. The van der Waals surface area contributed by atoms with Crippen molar-refractivity contribution in [3.63, 3.8) is 0 Å². The third-order valence-corrected chi connectivity index (χ3v) is 7.03. The van der Waals surface area contributed by atoms with Gasteiger partial charge < -0.3 is 14.4 Å². The number of ether oxygens (including phenoxy) is 1. The number of allylic oxidation sites excluding steroid dienone is 1. The molecule has 5 rings (SSSR count). The number of carboxylic acids is 1. The Bertz CT molecular complexity index is 1330. The Morgan fingerprint density at radius 2 is 2.08 bits per heavy atom. The van der Waals surface area contributed by atoms with Gasteiger partial charge in [0.05, 0.1) is 12.0 Å². The molecule has 3 heterocycles. The number of carboxylic acid groups (broad SMARTS) is 1. The zero-order valence-electron chi connectivity index (χ0n) is 20.1. The van der Waals surface area contributed by atoms with Crippen molar-refractivity contribution < 1.29 is 19.2 Å². The maximum absolute atomic E-state index is 11.6. The van der Waals surface area contributed by atoms with Gasteiger partial charge in [-0.15, -0.1) is 11.6 Å². The highest BCUT2D eigenvalue weighted by Gasteiger charge is 2.38. The summed E-state index contributed by atoms with van der Waals surface area (Å²) in [6, 6.07) is 13.7. The summed E-state index contributed by atoms with van der Waals surface area (Å²) in [5.41, 5.74) is 5.87. The van der Waals surface area contributed by atoms with Crippen molar-refractivity contribution in [2.45, 2.75) is 44.0 Å². The van der Waals surface area contributed by atoms with E-state index in [1.54, 1.807) is 13.3 Å². The van der Waals surface area contributed by atoms with Gasteiger partial charge in [0, 0.05) is 31.0 Å². The van der Waals surface area contributed by atoms with Gasteiger partial charge in [-0.2, -0.15) is 4.98 Å². The Kier molecular flexibility index (Phi) is 7.00. The normalized spacial score (nSPS) is 22.1. The van der Waals surface area contributed by atoms with Gasteiger partial charge in [0.2, 0.25) is 5.82 Å². The first kappa shape index (κ1) is 24.4. The molecule has 186 valence electrons. The van der Waals surface area contributed by atoms with Crippen LogP contribution in [0.5, 0.6) is 0 Å². The van der Waals surface area contributed by atoms with Crippen LogP contribution in [0.1, 0.15) is 29.8 Å². The van der Waals surface area contributed by atoms with Gasteiger partial charge in [-0.3, -0.25) is 14.7 Å². The highest BCUT2D eigenvalue weighted by atomic mass is 35.5. The Hall–Kier alpha value is -3.33. The number of rotatable bonds is 7. The fourth-order valence-electron chi connectivity index (χ4n) is 4.91. The number of methoxy groups -OCH3 is 1. The number of aromatic nitrogens is 2. The van der Waals surface area contributed by atoms with Gasteiger partial charge in [-0.1, -0.05) is 41.6 Å². The predicted octanol–water partition coefficient (Wildman–Crippen LogP) is 4.81. The van der Waals surface area contributed by atoms with Crippen molar-refractivity contribution in [3.05, 3.63) is 65.5 Å². The summed E-state index contributed by atoms with van der Waals surface area (Å²) in [6.07, 6.45) is 4.43. The Morgan fingerprint density at radius 1 is 1.25 bits per heavy atom. The number of aliphatic imine (C=N–C) groups is 1. The maximum atomic E-state index is 11.6. The number of hydrogen-bond donors (Lipinski definition) is 1. The van der Waals surface area contributed by atoms with E-state index in [0.29, 0.717) is 36.9 Å². The van der Waals surface area contributed by atoms with Gasteiger partial charge in [0.25, 0.3) is 5.89 Å². The number of alkyl halides is 1. The largest absolute Gasteiger partial charge is 0.480 e. The summed E-state index contributed by atoms with van der Waals surface area (Å²) >= 11 is 6.62. The third kappa shape index (κ3) is 4.72. The number of hydrogen-bond acceptors (Lipinski definition) is 7. The van der Waals surface area contributed by atoms with Crippen LogP contribution in [0.2, 0.25) is 0 Å². The van der Waals surface area contributed by atoms with Crippen LogP contribution in [-0.4, -0.2) is 63.6 Å². The van der Waals surface area contributed by atoms with E-state index in [1.165, 1.54) is 5.56 Å². The van der Waals surface area contributed by atoms with Crippen LogP contribution in [0, 0.1) is 6.92 Å². The van der Waals surface area contributed by atoms with Crippen molar-refractivity contribution in [3.8, 4) is 22.6 Å². The molecule has 2 unspecified atom stereocenters. The first-order valence-electron chi connectivity index (χ1n) is 11.9. The fourth-order valence-corrected chi connectivity index (χ4v) is 5.25. The summed E-state index contributed by atoms with van der Waals surface area (Å²) in [7, 11) is 1.67. The SMILES string of the molecule is COCc1cc(-c2nc(C3=CC(Cl)C(N4CCC[C@H]4C(=O)O)N=C3)no2)ccc1-c1ccccc1C. The second-order valence-corrected chi connectivity index (χ2v) is 9.54. The van der Waals surface area contributed by atoms with Crippen molar-refractivity contribution in [1.29, 1.82) is 0 Å². The number of carbonyl (C=O) groups is 1. The maximum Gasteiger partial charge on any atom is 0.320 e. The molecule has 2 aromatic carbocycles. The monoisotopic (exact) mass is 506 g/mol. The molecule has 9 heteroatoms. The van der Waals surface area contributed by atoms with Crippen LogP contribution in [0.3, 0.4) is 0 Å². The van der Waals surface area contributed by atoms with E-state index in [2.05, 4.69) is 34.2 Å². The topological polar surface area (TPSA) is 101 Å². The molecule has 1 fully saturated rings. The van der Waals surface area contributed by atoms with Crippen LogP contribution in [0.4, 0.5) is 0 Å². The molecule has 1 saturated heterocycles. The lowest BCUT2D eigenvalue weighted by molar-refractivity contribution is -0.142. The quantitative estimate of drug-likeness (QED) is 0.459. The van der Waals surface area contributed by atoms with Crippen molar-refractivity contribution in [2.75, 3.05) is 13.7 Å². The van der Waals surface area contributed by atoms with Gasteiger partial charge in [-0.05, 0) is 54.2 Å². The third-order valence-electron chi connectivity index (χ3n) is 6.68. The summed E-state index contributed by atoms with van der Waals surface area (Å²) < 4.78 is 11.0. The molecule has 0 amide bonds. The zero-order valence-corrected chi connectivity index (χ0v) is 20.9. The van der Waals surface area contributed by atoms with E-state index in [-0.39, 0.29) is 0 Å². The van der Waals surface area contributed by atoms with Gasteiger partial charge in [0.15, 0.2) is 0 Å². The first-order valence-corrected chi connectivity index (χ1v) is 12.3. The number of likely N-dealkylation sites (tertiary alicyclic amines) is 1. The lowest BCUT2D eigenvalue weighted by Crippen LogP contribution is -2.46. The van der Waals surface area contributed by atoms with E-state index in [4.69, 9.17) is 20.9 Å². The molecule has 0 bridgehead atoms. The fraction of sp³-hybridized carbons (Fsp3) is 0.333. The van der Waals surface area contributed by atoms with E-state index in [0.717, 1.165) is 28.7 Å². The predicted molar refractivity (Wildman–Crippen MR) is 138 cm³/mol. The Morgan fingerprint density at radius 3 is 2.83 bits per heavy atom. The van der Waals surface area contributed by atoms with Crippen LogP contribution in [0.25, 0.3) is 28.2 Å². The number of halogens is 1. The van der Waals surface area contributed by atoms with Crippen LogP contribution in [0.15, 0.2) is 58.1 Å². The molecular formula is C27H27ClN4O4. The second-order valence-electron chi connectivity index (χ2n) is 9.04. The molecule has 2 aliphatic heterocycles. The molecule has 8 nitrogen and oxygen atoms in total. The van der Waals surface area contributed by atoms with Crippen LogP contribution < -0.4 is 0 Å². The summed E-state index contributed by atoms with van der Waals surface area (Å²) in [5, 5.41) is 13.1. The molecule has 1 aromatic heterocycles. The molecule has 0 spiro atoms. The number of aryl methyl sites for hydroxylation is 1. The minimum absolute atomic E-state index is 0.380. The molecular weight excluding hydrogens is 480 g/mol. The second kappa shape index (κ2) is 10.3. The van der Waals surface area contributed by atoms with Crippen molar-refractivity contribution in [2.24, 2.45) is 4.99 Å². The standard InChI is InChI=1S/C27H27ClN4O4/c1-16-6-3-4-7-20(16)21-10-9-17(12-19(21)15-35-2)26-30-24(31-36-26)18-13-22(28)25(29-14-18)32-11-5-8-23(32)27(33)34/h3-4,6-7,9-10,12-14,22-23,25H,5,8,11,15H2,1-2H3,(H,33,34)/t22?,23-,25?/m0/s1. The number of benzene rings is 2.